The van der Waals surface area contributed by atoms with Crippen LogP contribution in [0.3, 0.4) is 0 Å². The van der Waals surface area contributed by atoms with Crippen molar-refractivity contribution < 1.29 is 9.59 Å². The normalized spacial score (nSPS) is 13.4. The van der Waals surface area contributed by atoms with E-state index in [1.165, 1.54) is 10.9 Å². The van der Waals surface area contributed by atoms with Gasteiger partial charge in [0.15, 0.2) is 0 Å². The zero-order chi connectivity index (χ0) is 18.6. The highest BCUT2D eigenvalue weighted by atomic mass is 79.9. The van der Waals surface area contributed by atoms with Gasteiger partial charge in [0.05, 0.1) is 17.2 Å². The molecule has 0 saturated heterocycles. The van der Waals surface area contributed by atoms with Crippen LogP contribution in [0.5, 0.6) is 0 Å². The number of nitrogens with two attached hydrogens (primary N) is 1. The van der Waals surface area contributed by atoms with Crippen molar-refractivity contribution in [1.29, 1.82) is 0 Å². The Hall–Kier alpha value is -2.22. The Morgan fingerprint density at radius 1 is 1.40 bits per heavy atom. The quantitative estimate of drug-likeness (QED) is 0.724. The first-order valence-electron chi connectivity index (χ1n) is 8.06. The molecule has 1 heterocycles. The summed E-state index contributed by atoms with van der Waals surface area (Å²) in [6.07, 6.45) is 2.20. The van der Waals surface area contributed by atoms with Gasteiger partial charge >= 0.3 is 0 Å². The molecule has 0 aliphatic carbocycles. The summed E-state index contributed by atoms with van der Waals surface area (Å²) in [5.41, 5.74) is 5.73. The molecule has 0 fully saturated rings. The van der Waals surface area contributed by atoms with E-state index in [1.807, 2.05) is 19.9 Å². The van der Waals surface area contributed by atoms with Gasteiger partial charge in [-0.25, -0.2) is 4.98 Å². The lowest BCUT2D eigenvalue weighted by Crippen LogP contribution is -2.48. The second kappa shape index (κ2) is 8.24. The molecule has 2 atom stereocenters. The van der Waals surface area contributed by atoms with Crippen molar-refractivity contribution >= 4 is 38.6 Å². The number of carbonyl (C=O) groups is 2. The number of hydrogen-bond donors (Lipinski definition) is 2. The SMILES string of the molecule is CCC(C)C(NC(=O)CCn1cnc2ccc(Br)cc2c1=O)C(N)=O. The van der Waals surface area contributed by atoms with Crippen molar-refractivity contribution in [3.05, 3.63) is 39.4 Å². The predicted molar refractivity (Wildman–Crippen MR) is 98.9 cm³/mol. The highest BCUT2D eigenvalue weighted by molar-refractivity contribution is 9.10. The van der Waals surface area contributed by atoms with Crippen LogP contribution in [-0.2, 0) is 16.1 Å². The van der Waals surface area contributed by atoms with Crippen molar-refractivity contribution in [2.24, 2.45) is 11.7 Å². The van der Waals surface area contributed by atoms with E-state index in [4.69, 9.17) is 5.73 Å². The monoisotopic (exact) mass is 408 g/mol. The summed E-state index contributed by atoms with van der Waals surface area (Å²) >= 11 is 3.33. The van der Waals surface area contributed by atoms with E-state index >= 15 is 0 Å². The number of carbonyl (C=O) groups excluding carboxylic acids is 2. The van der Waals surface area contributed by atoms with Gasteiger partial charge < -0.3 is 11.1 Å². The highest BCUT2D eigenvalue weighted by Crippen LogP contribution is 2.15. The number of nitrogens with one attached hydrogen (secondary N) is 1. The lowest BCUT2D eigenvalue weighted by atomic mass is 9.98. The molecule has 2 amide bonds. The van der Waals surface area contributed by atoms with E-state index in [2.05, 4.69) is 26.2 Å². The molecule has 1 aromatic carbocycles. The Kier molecular flexibility index (Phi) is 6.30. The molecule has 2 unspecified atom stereocenters. The van der Waals surface area contributed by atoms with Crippen LogP contribution in [0.25, 0.3) is 10.9 Å². The van der Waals surface area contributed by atoms with Crippen LogP contribution in [0, 0.1) is 5.92 Å². The van der Waals surface area contributed by atoms with Crippen LogP contribution in [0.4, 0.5) is 0 Å². The number of amides is 2. The molecule has 0 aliphatic heterocycles. The molecule has 25 heavy (non-hydrogen) atoms. The first kappa shape index (κ1) is 19.1. The Bertz CT molecular complexity index is 849. The standard InChI is InChI=1S/C17H21BrN4O3/c1-3-10(2)15(16(19)24)21-14(23)6-7-22-9-20-13-5-4-11(18)8-12(13)17(22)25/h4-5,8-10,15H,3,6-7H2,1-2H3,(H2,19,24)(H,21,23). The number of fused-ring (bicyclic) bond motifs is 1. The largest absolute Gasteiger partial charge is 0.368 e. The number of aryl methyl sites for hydroxylation is 1. The maximum Gasteiger partial charge on any atom is 0.261 e. The minimum atomic E-state index is -0.708. The van der Waals surface area contributed by atoms with E-state index in [0.29, 0.717) is 10.9 Å². The molecular weight excluding hydrogens is 388 g/mol. The molecule has 134 valence electrons. The average Bonchev–Trinajstić information content (AvgIpc) is 2.58. The molecular formula is C17H21BrN4O3. The minimum Gasteiger partial charge on any atom is -0.368 e. The summed E-state index contributed by atoms with van der Waals surface area (Å²) in [5, 5.41) is 3.12. The van der Waals surface area contributed by atoms with Crippen molar-refractivity contribution in [2.75, 3.05) is 0 Å². The third kappa shape index (κ3) is 4.66. The van der Waals surface area contributed by atoms with E-state index in [9.17, 15) is 14.4 Å². The number of rotatable bonds is 7. The van der Waals surface area contributed by atoms with Crippen LogP contribution in [0.15, 0.2) is 33.8 Å². The Balaban J connectivity index is 2.09. The maximum absolute atomic E-state index is 12.5. The molecule has 7 nitrogen and oxygen atoms in total. The number of nitrogens with zero attached hydrogens (tertiary/aromatic N) is 2. The smallest absolute Gasteiger partial charge is 0.261 e. The lowest BCUT2D eigenvalue weighted by Gasteiger charge is -2.21. The van der Waals surface area contributed by atoms with Crippen molar-refractivity contribution in [1.82, 2.24) is 14.9 Å². The van der Waals surface area contributed by atoms with Gasteiger partial charge in [0.2, 0.25) is 11.8 Å². The highest BCUT2D eigenvalue weighted by Gasteiger charge is 2.23. The van der Waals surface area contributed by atoms with E-state index in [1.54, 1.807) is 12.1 Å². The Morgan fingerprint density at radius 3 is 2.76 bits per heavy atom. The van der Waals surface area contributed by atoms with Gasteiger partial charge in [-0.05, 0) is 24.1 Å². The fourth-order valence-electron chi connectivity index (χ4n) is 2.49. The summed E-state index contributed by atoms with van der Waals surface area (Å²) in [7, 11) is 0. The third-order valence-corrected chi connectivity index (χ3v) is 4.70. The first-order valence-corrected chi connectivity index (χ1v) is 8.86. The second-order valence-electron chi connectivity index (χ2n) is 5.99. The van der Waals surface area contributed by atoms with Gasteiger partial charge in [-0.1, -0.05) is 36.2 Å². The zero-order valence-electron chi connectivity index (χ0n) is 14.2. The molecule has 8 heteroatoms. The summed E-state index contributed by atoms with van der Waals surface area (Å²) < 4.78 is 2.17. The first-order chi connectivity index (χ1) is 11.8. The van der Waals surface area contributed by atoms with E-state index in [0.717, 1.165) is 10.9 Å². The molecule has 0 spiro atoms. The molecule has 0 saturated carbocycles. The number of benzene rings is 1. The molecule has 0 radical (unpaired) electrons. The van der Waals surface area contributed by atoms with Crippen molar-refractivity contribution in [3.8, 4) is 0 Å². The fourth-order valence-corrected chi connectivity index (χ4v) is 2.85. The molecule has 1 aromatic heterocycles. The topological polar surface area (TPSA) is 107 Å². The number of halogens is 1. The number of hydrogen-bond acceptors (Lipinski definition) is 4. The van der Waals surface area contributed by atoms with Crippen LogP contribution in [0.2, 0.25) is 0 Å². The summed E-state index contributed by atoms with van der Waals surface area (Å²) in [6.45, 7) is 3.95. The molecule has 2 aromatic rings. The van der Waals surface area contributed by atoms with Crippen LogP contribution in [0.1, 0.15) is 26.7 Å². The summed E-state index contributed by atoms with van der Waals surface area (Å²) in [5.74, 6) is -0.939. The van der Waals surface area contributed by atoms with Crippen LogP contribution >= 0.6 is 15.9 Å². The number of aromatic nitrogens is 2. The summed E-state index contributed by atoms with van der Waals surface area (Å²) in [6, 6.07) is 4.56. The van der Waals surface area contributed by atoms with E-state index in [-0.39, 0.29) is 30.3 Å². The van der Waals surface area contributed by atoms with Gasteiger partial charge in [-0.3, -0.25) is 19.0 Å². The Morgan fingerprint density at radius 2 is 2.12 bits per heavy atom. The van der Waals surface area contributed by atoms with Crippen LogP contribution < -0.4 is 16.6 Å². The molecule has 2 rings (SSSR count). The van der Waals surface area contributed by atoms with Crippen molar-refractivity contribution in [2.45, 2.75) is 39.3 Å². The van der Waals surface area contributed by atoms with Gasteiger partial charge in [-0.15, -0.1) is 0 Å². The number of primary amides is 1. The minimum absolute atomic E-state index is 0.0520. The third-order valence-electron chi connectivity index (χ3n) is 4.20. The second-order valence-corrected chi connectivity index (χ2v) is 6.90. The zero-order valence-corrected chi connectivity index (χ0v) is 15.7. The van der Waals surface area contributed by atoms with Gasteiger partial charge in [-0.2, -0.15) is 0 Å². The molecule has 0 bridgehead atoms. The maximum atomic E-state index is 12.5. The van der Waals surface area contributed by atoms with Gasteiger partial charge in [0.1, 0.15) is 6.04 Å². The van der Waals surface area contributed by atoms with Crippen molar-refractivity contribution in [3.63, 3.8) is 0 Å². The van der Waals surface area contributed by atoms with Gasteiger partial charge in [0.25, 0.3) is 5.56 Å². The molecule has 0 aliphatic rings. The average molecular weight is 409 g/mol. The molecule has 3 N–H and O–H groups in total. The Labute approximate surface area is 153 Å². The predicted octanol–water partition coefficient (Wildman–Crippen LogP) is 1.57. The van der Waals surface area contributed by atoms with Gasteiger partial charge in [0, 0.05) is 17.4 Å². The lowest BCUT2D eigenvalue weighted by molar-refractivity contribution is -0.128. The van der Waals surface area contributed by atoms with E-state index < -0.39 is 11.9 Å². The summed E-state index contributed by atoms with van der Waals surface area (Å²) in [4.78, 5) is 40.3. The van der Waals surface area contributed by atoms with Crippen LogP contribution in [-0.4, -0.2) is 27.4 Å². The fraction of sp³-hybridized carbons (Fsp3) is 0.412.